The van der Waals surface area contributed by atoms with Crippen LogP contribution in [-0.2, 0) is 4.79 Å². The van der Waals surface area contributed by atoms with Gasteiger partial charge in [-0.05, 0) is 50.7 Å². The van der Waals surface area contributed by atoms with E-state index in [-0.39, 0.29) is 42.8 Å². The highest BCUT2D eigenvalue weighted by atomic mass is 19.4. The van der Waals surface area contributed by atoms with Gasteiger partial charge in [0.1, 0.15) is 11.8 Å². The molecule has 0 atom stereocenters. The van der Waals surface area contributed by atoms with Crippen molar-refractivity contribution < 1.29 is 37.5 Å². The van der Waals surface area contributed by atoms with Crippen molar-refractivity contribution in [3.63, 3.8) is 0 Å². The van der Waals surface area contributed by atoms with Gasteiger partial charge in [0, 0.05) is 70.1 Å². The summed E-state index contributed by atoms with van der Waals surface area (Å²) in [6.07, 6.45) is 1.31. The maximum atomic E-state index is 12.8. The van der Waals surface area contributed by atoms with E-state index in [1.165, 1.54) is 0 Å². The Kier molecular flexibility index (Phi) is 13.1. The van der Waals surface area contributed by atoms with Gasteiger partial charge >= 0.3 is 24.3 Å². The fraction of sp³-hybridized carbons (Fsp3) is 0.667. The zero-order chi connectivity index (χ0) is 32.1. The topological polar surface area (TPSA) is 186 Å². The first-order chi connectivity index (χ1) is 21.0. The first-order valence-electron chi connectivity index (χ1n) is 14.7. The zero-order valence-corrected chi connectivity index (χ0v) is 24.4. The third kappa shape index (κ3) is 11.2. The van der Waals surface area contributed by atoms with Crippen LogP contribution < -0.4 is 31.3 Å². The van der Waals surface area contributed by atoms with Crippen molar-refractivity contribution in [1.82, 2.24) is 36.1 Å². The van der Waals surface area contributed by atoms with Gasteiger partial charge in [0.2, 0.25) is 0 Å². The number of halogens is 3. The van der Waals surface area contributed by atoms with Gasteiger partial charge in [0.25, 0.3) is 0 Å². The van der Waals surface area contributed by atoms with Crippen LogP contribution in [0.2, 0.25) is 0 Å². The van der Waals surface area contributed by atoms with Crippen molar-refractivity contribution in [3.8, 4) is 0 Å². The number of nitrogens with zero attached hydrogens (tertiary/aromatic N) is 4. The molecule has 14 nitrogen and oxygen atoms in total. The standard InChI is InChI=1S/C25H40N9O3.C2HF3O2/c26-10-12-28-23(35)29-19-6-15-33(16-7-19)25(37)31-21-8-17-34(18-9-21)24(36)30-20-4-13-32(14-5-20)22-3-1-2-11-27-22;3-2(4,5)1(6)7/h1-3,11,19-21,26H,4-10,12-18H2,(H,30,36)(H,31,37)(H2,28,29,35);(H,6,7)/q-1;/p-1. The molecule has 0 bridgehead atoms. The van der Waals surface area contributed by atoms with Crippen LogP contribution >= 0.6 is 0 Å². The average molecular weight is 628 g/mol. The van der Waals surface area contributed by atoms with Crippen molar-refractivity contribution in [1.29, 1.82) is 0 Å². The molecule has 0 aromatic carbocycles. The number of carbonyl (C=O) groups is 4. The summed E-state index contributed by atoms with van der Waals surface area (Å²) in [7, 11) is 0. The number of carboxylic acid groups (broad SMARTS) is 1. The van der Waals surface area contributed by atoms with E-state index in [2.05, 4.69) is 31.2 Å². The van der Waals surface area contributed by atoms with Gasteiger partial charge in [0.15, 0.2) is 0 Å². The lowest BCUT2D eigenvalue weighted by atomic mass is 10.0. The van der Waals surface area contributed by atoms with Crippen molar-refractivity contribution in [2.75, 3.05) is 57.3 Å². The number of urea groups is 3. The van der Waals surface area contributed by atoms with Crippen LogP contribution in [0, 0.1) is 0 Å². The molecule has 0 unspecified atom stereocenters. The number of aliphatic carboxylic acids is 1. The maximum absolute atomic E-state index is 12.8. The minimum Gasteiger partial charge on any atom is -0.676 e. The summed E-state index contributed by atoms with van der Waals surface area (Å²) in [6.45, 7) is 4.68. The van der Waals surface area contributed by atoms with Gasteiger partial charge in [-0.3, -0.25) is 0 Å². The minimum absolute atomic E-state index is 0.0117. The Morgan fingerprint density at radius 3 is 1.68 bits per heavy atom. The number of rotatable bonds is 6. The smallest absolute Gasteiger partial charge is 0.430 e. The summed E-state index contributed by atoms with van der Waals surface area (Å²) in [6, 6.07) is 5.87. The number of piperidine rings is 3. The number of anilines is 1. The van der Waals surface area contributed by atoms with Gasteiger partial charge in [-0.25, -0.2) is 19.4 Å². The fourth-order valence-corrected chi connectivity index (χ4v) is 5.19. The number of alkyl halides is 3. The van der Waals surface area contributed by atoms with Crippen molar-refractivity contribution >= 4 is 29.9 Å². The molecule has 0 aliphatic carbocycles. The normalized spacial score (nSPS) is 18.5. The zero-order valence-electron chi connectivity index (χ0n) is 24.4. The molecule has 0 radical (unpaired) electrons. The second-order valence-electron chi connectivity index (χ2n) is 10.8. The molecule has 3 fully saturated rings. The highest BCUT2D eigenvalue weighted by Gasteiger charge is 2.30. The van der Waals surface area contributed by atoms with Gasteiger partial charge in [0.05, 0.1) is 0 Å². The first-order valence-corrected chi connectivity index (χ1v) is 14.7. The second-order valence-corrected chi connectivity index (χ2v) is 10.8. The molecule has 3 aliphatic heterocycles. The lowest BCUT2D eigenvalue weighted by Gasteiger charge is -2.37. The van der Waals surface area contributed by atoms with Crippen LogP contribution in [0.5, 0.6) is 0 Å². The van der Waals surface area contributed by atoms with Gasteiger partial charge in [-0.2, -0.15) is 13.2 Å². The van der Waals surface area contributed by atoms with E-state index < -0.39 is 12.1 Å². The molecular weight excluding hydrogens is 587 g/mol. The molecule has 0 spiro atoms. The number of nitrogens with one attached hydrogen (secondary N) is 5. The summed E-state index contributed by atoms with van der Waals surface area (Å²) in [4.78, 5) is 56.4. The van der Waals surface area contributed by atoms with Crippen molar-refractivity contribution in [2.24, 2.45) is 0 Å². The Morgan fingerprint density at radius 2 is 1.27 bits per heavy atom. The number of amides is 6. The molecule has 246 valence electrons. The number of pyridine rings is 1. The largest absolute Gasteiger partial charge is 0.676 e. The van der Waals surface area contributed by atoms with Crippen molar-refractivity contribution in [3.05, 3.63) is 30.1 Å². The number of carboxylic acids is 1. The molecule has 3 saturated heterocycles. The minimum atomic E-state index is -5.19. The number of hydrogen-bond donors (Lipinski definition) is 4. The molecular formula is C27H40F3N9O5-2. The summed E-state index contributed by atoms with van der Waals surface area (Å²) in [5, 5.41) is 20.7. The third-order valence-corrected chi connectivity index (χ3v) is 7.67. The van der Waals surface area contributed by atoms with E-state index in [4.69, 9.17) is 15.6 Å². The molecule has 44 heavy (non-hydrogen) atoms. The molecule has 1 aromatic rings. The van der Waals surface area contributed by atoms with Crippen LogP contribution in [0.1, 0.15) is 38.5 Å². The first kappa shape index (κ1) is 34.5. The molecule has 4 rings (SSSR count). The Hall–Kier alpha value is -4.02. The molecule has 6 amide bonds. The molecule has 1 aromatic heterocycles. The Bertz CT molecular complexity index is 1070. The number of aromatic nitrogens is 1. The predicted octanol–water partition coefficient (Wildman–Crippen LogP) is 1.05. The van der Waals surface area contributed by atoms with E-state index >= 15 is 0 Å². The van der Waals surface area contributed by atoms with E-state index in [0.29, 0.717) is 45.6 Å². The van der Waals surface area contributed by atoms with Crippen LogP contribution in [-0.4, -0.2) is 116 Å². The third-order valence-electron chi connectivity index (χ3n) is 7.67. The van der Waals surface area contributed by atoms with Gasteiger partial charge in [-0.1, -0.05) is 6.07 Å². The summed E-state index contributed by atoms with van der Waals surface area (Å²) in [5.41, 5.74) is 7.09. The maximum Gasteiger partial charge on any atom is 0.430 e. The number of likely N-dealkylation sites (tertiary alicyclic amines) is 2. The van der Waals surface area contributed by atoms with Gasteiger partial charge < -0.3 is 51.6 Å². The van der Waals surface area contributed by atoms with Crippen LogP contribution in [0.3, 0.4) is 0 Å². The highest BCUT2D eigenvalue weighted by molar-refractivity contribution is 5.76. The van der Waals surface area contributed by atoms with Crippen LogP contribution in [0.25, 0.3) is 5.73 Å². The lowest BCUT2D eigenvalue weighted by molar-refractivity contribution is -0.344. The van der Waals surface area contributed by atoms with E-state index in [1.54, 1.807) is 11.1 Å². The van der Waals surface area contributed by atoms with Crippen LogP contribution in [0.15, 0.2) is 24.4 Å². The fourth-order valence-electron chi connectivity index (χ4n) is 5.19. The quantitative estimate of drug-likeness (QED) is 0.363. The highest BCUT2D eigenvalue weighted by Crippen LogP contribution is 2.19. The second kappa shape index (κ2) is 16.7. The molecule has 0 saturated carbocycles. The number of carbonyl (C=O) groups excluding carboxylic acids is 4. The number of hydrogen-bond acceptors (Lipinski definition) is 7. The SMILES string of the molecule is O=C([O-])C(F)(F)F.[NH-]CCNC(=O)NC1CCN(C(=O)NC2CCN(C(=O)NC3CCN(c4ccccn4)CC3)CC2)CC1. The monoisotopic (exact) mass is 627 g/mol. The Morgan fingerprint density at radius 1 is 0.818 bits per heavy atom. The Labute approximate surface area is 253 Å². The molecule has 5 N–H and O–H groups in total. The average Bonchev–Trinajstić information content (AvgIpc) is 3.01. The molecule has 17 heteroatoms. The Balaban J connectivity index is 0.000000676. The summed E-state index contributed by atoms with van der Waals surface area (Å²) in [5.74, 6) is -2.02. The lowest BCUT2D eigenvalue weighted by Crippen LogP contribution is -2.55. The van der Waals surface area contributed by atoms with Crippen LogP contribution in [0.4, 0.5) is 33.4 Å². The van der Waals surface area contributed by atoms with E-state index in [0.717, 1.165) is 44.6 Å². The molecule has 3 aliphatic rings. The predicted molar refractivity (Wildman–Crippen MR) is 153 cm³/mol. The van der Waals surface area contributed by atoms with E-state index in [9.17, 15) is 27.6 Å². The summed E-state index contributed by atoms with van der Waals surface area (Å²) < 4.78 is 31.5. The van der Waals surface area contributed by atoms with Crippen molar-refractivity contribution in [2.45, 2.75) is 62.8 Å². The van der Waals surface area contributed by atoms with E-state index in [1.807, 2.05) is 23.1 Å². The molecule has 4 heterocycles. The summed E-state index contributed by atoms with van der Waals surface area (Å²) >= 11 is 0. The van der Waals surface area contributed by atoms with Gasteiger partial charge in [-0.15, -0.1) is 6.54 Å².